The summed E-state index contributed by atoms with van der Waals surface area (Å²) >= 11 is 0. The van der Waals surface area contributed by atoms with Crippen LogP contribution in [-0.4, -0.2) is 46.6 Å². The molecule has 0 saturated heterocycles. The number of nitro groups is 1. The van der Waals surface area contributed by atoms with Gasteiger partial charge in [-0.3, -0.25) is 19.7 Å². The van der Waals surface area contributed by atoms with Crippen LogP contribution in [-0.2, 0) is 11.3 Å². The topological polar surface area (TPSA) is 154 Å². The Morgan fingerprint density at radius 1 is 1.00 bits per heavy atom. The number of phenolic OH excluding ortho intramolecular Hbond substituents is 2. The highest BCUT2D eigenvalue weighted by molar-refractivity contribution is 5.96. The Balaban J connectivity index is 1.65. The number of para-hydroxylation sites is 1. The van der Waals surface area contributed by atoms with Crippen LogP contribution in [0.25, 0.3) is 0 Å². The summed E-state index contributed by atoms with van der Waals surface area (Å²) in [4.78, 5) is 33.7. The van der Waals surface area contributed by atoms with Crippen molar-refractivity contribution in [2.75, 3.05) is 19.6 Å². The van der Waals surface area contributed by atoms with Gasteiger partial charge in [0.15, 0.2) is 11.5 Å². The molecule has 0 unspecified atom stereocenters. The minimum absolute atomic E-state index is 0.124. The Kier molecular flexibility index (Phi) is 7.28. The van der Waals surface area contributed by atoms with Crippen LogP contribution in [0, 0.1) is 10.1 Å². The minimum atomic E-state index is -0.564. The van der Waals surface area contributed by atoms with Crippen molar-refractivity contribution in [1.82, 2.24) is 16.0 Å². The number of amides is 2. The van der Waals surface area contributed by atoms with Gasteiger partial charge in [-0.05, 0) is 18.2 Å². The first-order valence-electron chi connectivity index (χ1n) is 8.38. The van der Waals surface area contributed by atoms with Crippen LogP contribution in [0.1, 0.15) is 15.9 Å². The summed E-state index contributed by atoms with van der Waals surface area (Å²) in [6.07, 6.45) is 0. The lowest BCUT2D eigenvalue weighted by molar-refractivity contribution is -0.384. The summed E-state index contributed by atoms with van der Waals surface area (Å²) in [5, 5.41) is 37.7. The second-order valence-corrected chi connectivity index (χ2v) is 5.80. The van der Waals surface area contributed by atoms with Crippen LogP contribution in [0.4, 0.5) is 5.69 Å². The summed E-state index contributed by atoms with van der Waals surface area (Å²) < 4.78 is 0. The first-order valence-corrected chi connectivity index (χ1v) is 8.38. The molecular formula is C18H20N4O6. The van der Waals surface area contributed by atoms with Gasteiger partial charge in [0.25, 0.3) is 11.6 Å². The number of non-ortho nitro benzene ring substituents is 1. The molecule has 0 fully saturated rings. The van der Waals surface area contributed by atoms with E-state index in [1.807, 2.05) is 0 Å². The molecule has 0 heterocycles. The minimum Gasteiger partial charge on any atom is -0.504 e. The van der Waals surface area contributed by atoms with Gasteiger partial charge in [-0.2, -0.15) is 0 Å². The second kappa shape index (κ2) is 9.88. The normalized spacial score (nSPS) is 10.3. The fraction of sp³-hybridized carbons (Fsp3) is 0.222. The Bertz CT molecular complexity index is 854. The van der Waals surface area contributed by atoms with Crippen molar-refractivity contribution < 1.29 is 24.7 Å². The summed E-state index contributed by atoms with van der Waals surface area (Å²) in [6, 6.07) is 9.70. The maximum Gasteiger partial charge on any atom is 0.269 e. The number of nitro benzene ring substituents is 1. The van der Waals surface area contributed by atoms with Crippen LogP contribution in [0.15, 0.2) is 42.5 Å². The number of carbonyl (C=O) groups excluding carboxylic acids is 2. The first-order chi connectivity index (χ1) is 13.4. The SMILES string of the molecule is O=C(CNC(=O)c1ccc([N+](=O)[O-])cc1)NCCNCc1cccc(O)c1O. The van der Waals surface area contributed by atoms with E-state index in [-0.39, 0.29) is 29.3 Å². The van der Waals surface area contributed by atoms with E-state index in [1.165, 1.54) is 30.3 Å². The van der Waals surface area contributed by atoms with E-state index in [4.69, 9.17) is 0 Å². The number of nitrogens with zero attached hydrogens (tertiary/aromatic N) is 1. The zero-order valence-corrected chi connectivity index (χ0v) is 14.8. The van der Waals surface area contributed by atoms with E-state index >= 15 is 0 Å². The van der Waals surface area contributed by atoms with E-state index in [9.17, 15) is 29.9 Å². The lowest BCUT2D eigenvalue weighted by Crippen LogP contribution is -2.39. The predicted molar refractivity (Wildman–Crippen MR) is 99.9 cm³/mol. The fourth-order valence-electron chi connectivity index (χ4n) is 2.29. The maximum atomic E-state index is 11.9. The predicted octanol–water partition coefficient (Wildman–Crippen LogP) is 0.642. The molecule has 2 aromatic rings. The van der Waals surface area contributed by atoms with Gasteiger partial charge in [0.1, 0.15) is 0 Å². The van der Waals surface area contributed by atoms with Crippen LogP contribution in [0.5, 0.6) is 11.5 Å². The standard InChI is InChI=1S/C18H20N4O6/c23-15-3-1-2-13(17(15)25)10-19-8-9-20-16(24)11-21-18(26)12-4-6-14(7-5-12)22(27)28/h1-7,19,23,25H,8-11H2,(H,20,24)(H,21,26). The van der Waals surface area contributed by atoms with Gasteiger partial charge in [0.05, 0.1) is 11.5 Å². The quantitative estimate of drug-likeness (QED) is 0.183. The molecule has 0 saturated carbocycles. The molecule has 10 heteroatoms. The fourth-order valence-corrected chi connectivity index (χ4v) is 2.29. The Morgan fingerprint density at radius 3 is 2.39 bits per heavy atom. The number of benzene rings is 2. The highest BCUT2D eigenvalue weighted by Crippen LogP contribution is 2.27. The largest absolute Gasteiger partial charge is 0.504 e. The third kappa shape index (κ3) is 5.95. The number of carbonyl (C=O) groups is 2. The smallest absolute Gasteiger partial charge is 0.269 e. The van der Waals surface area contributed by atoms with Crippen molar-refractivity contribution in [3.63, 3.8) is 0 Å². The summed E-state index contributed by atoms with van der Waals surface area (Å²) in [6.45, 7) is 0.791. The zero-order valence-electron chi connectivity index (χ0n) is 14.8. The Labute approximate surface area is 160 Å². The van der Waals surface area contributed by atoms with Crippen LogP contribution in [0.2, 0.25) is 0 Å². The van der Waals surface area contributed by atoms with Crippen LogP contribution >= 0.6 is 0 Å². The van der Waals surface area contributed by atoms with Gasteiger partial charge in [-0.1, -0.05) is 12.1 Å². The van der Waals surface area contributed by atoms with Crippen LogP contribution < -0.4 is 16.0 Å². The number of nitrogens with one attached hydrogen (secondary N) is 3. The molecule has 0 aromatic heterocycles. The van der Waals surface area contributed by atoms with Crippen molar-refractivity contribution in [3.05, 3.63) is 63.7 Å². The van der Waals surface area contributed by atoms with E-state index in [1.54, 1.807) is 12.1 Å². The second-order valence-electron chi connectivity index (χ2n) is 5.80. The Hall–Kier alpha value is -3.66. The number of hydrogen-bond donors (Lipinski definition) is 5. The van der Waals surface area contributed by atoms with Gasteiger partial charge in [-0.25, -0.2) is 0 Å². The molecule has 2 rings (SSSR count). The van der Waals surface area contributed by atoms with Crippen molar-refractivity contribution in [3.8, 4) is 11.5 Å². The lowest BCUT2D eigenvalue weighted by Gasteiger charge is -2.09. The molecule has 0 atom stereocenters. The monoisotopic (exact) mass is 388 g/mol. The van der Waals surface area contributed by atoms with Gasteiger partial charge in [-0.15, -0.1) is 0 Å². The number of rotatable bonds is 9. The third-order valence-corrected chi connectivity index (χ3v) is 3.79. The molecular weight excluding hydrogens is 368 g/mol. The summed E-state index contributed by atoms with van der Waals surface area (Å²) in [7, 11) is 0. The number of phenols is 2. The number of hydrogen-bond acceptors (Lipinski definition) is 7. The van der Waals surface area contributed by atoms with Crippen molar-refractivity contribution >= 4 is 17.5 Å². The van der Waals surface area contributed by atoms with Gasteiger partial charge >= 0.3 is 0 Å². The van der Waals surface area contributed by atoms with E-state index < -0.39 is 16.7 Å². The molecule has 0 bridgehead atoms. The molecule has 0 spiro atoms. The average Bonchev–Trinajstić information content (AvgIpc) is 2.69. The molecule has 2 amide bonds. The van der Waals surface area contributed by atoms with Crippen molar-refractivity contribution in [1.29, 1.82) is 0 Å². The molecule has 10 nitrogen and oxygen atoms in total. The maximum absolute atomic E-state index is 11.9. The van der Waals surface area contributed by atoms with Gasteiger partial charge in [0.2, 0.25) is 5.91 Å². The third-order valence-electron chi connectivity index (χ3n) is 3.79. The zero-order chi connectivity index (χ0) is 20.5. The first kappa shape index (κ1) is 20.6. The lowest BCUT2D eigenvalue weighted by atomic mass is 10.2. The van der Waals surface area contributed by atoms with Crippen molar-refractivity contribution in [2.45, 2.75) is 6.54 Å². The van der Waals surface area contributed by atoms with E-state index in [0.29, 0.717) is 25.2 Å². The van der Waals surface area contributed by atoms with E-state index in [0.717, 1.165) is 0 Å². The molecule has 5 N–H and O–H groups in total. The molecule has 0 aliphatic rings. The molecule has 0 radical (unpaired) electrons. The van der Waals surface area contributed by atoms with E-state index in [2.05, 4.69) is 16.0 Å². The highest BCUT2D eigenvalue weighted by atomic mass is 16.6. The highest BCUT2D eigenvalue weighted by Gasteiger charge is 2.10. The van der Waals surface area contributed by atoms with Crippen LogP contribution in [0.3, 0.4) is 0 Å². The molecule has 28 heavy (non-hydrogen) atoms. The Morgan fingerprint density at radius 2 is 1.71 bits per heavy atom. The summed E-state index contributed by atoms with van der Waals surface area (Å²) in [5.41, 5.74) is 0.619. The summed E-state index contributed by atoms with van der Waals surface area (Å²) in [5.74, 6) is -1.29. The number of aromatic hydroxyl groups is 2. The molecule has 0 aliphatic heterocycles. The molecule has 148 valence electrons. The molecule has 2 aromatic carbocycles. The van der Waals surface area contributed by atoms with Gasteiger partial charge in [0, 0.05) is 42.9 Å². The molecule has 0 aliphatic carbocycles. The van der Waals surface area contributed by atoms with Gasteiger partial charge < -0.3 is 26.2 Å². The van der Waals surface area contributed by atoms with Crippen molar-refractivity contribution in [2.24, 2.45) is 0 Å². The average molecular weight is 388 g/mol.